The smallest absolute Gasteiger partial charge is 0.244 e. The molecule has 1 atom stereocenters. The van der Waals surface area contributed by atoms with Gasteiger partial charge < -0.3 is 16.0 Å². The standard InChI is InChI=1S/C27H24Cl2N12O/c1-13-24(29)20(38-41(13)2)11-21(27-31-12-22(33-27)15-3-6-18-19(10-15)34-35-25(18)30)32-23(42)8-4-14-9-16(28)5-7-17(14)26-36-39-40-37-26/h3-10,12,21H,11H2,1-2H3,(H,31,33)(H,32,42)(H3,30,34,35)(H,36,37,39,40)/b8-4+/t21-/m0/s1. The molecule has 0 spiro atoms. The van der Waals surface area contributed by atoms with E-state index in [1.54, 1.807) is 35.2 Å². The molecular formula is C27H24Cl2N12O. The number of tetrazole rings is 1. The van der Waals surface area contributed by atoms with Crippen LogP contribution in [-0.2, 0) is 18.3 Å². The maximum atomic E-state index is 13.3. The molecule has 2 aromatic carbocycles. The third kappa shape index (κ3) is 5.34. The Kier molecular flexibility index (Phi) is 7.19. The monoisotopic (exact) mass is 602 g/mol. The number of nitrogen functional groups attached to an aromatic ring is 1. The lowest BCUT2D eigenvalue weighted by molar-refractivity contribution is -0.117. The number of nitrogens with one attached hydrogen (secondary N) is 4. The van der Waals surface area contributed by atoms with Crippen LogP contribution < -0.4 is 11.1 Å². The van der Waals surface area contributed by atoms with Crippen molar-refractivity contribution in [3.63, 3.8) is 0 Å². The van der Waals surface area contributed by atoms with Gasteiger partial charge in [0.05, 0.1) is 33.7 Å². The molecule has 4 heterocycles. The molecule has 0 unspecified atom stereocenters. The fraction of sp³-hybridized carbons (Fsp3) is 0.148. The summed E-state index contributed by atoms with van der Waals surface area (Å²) in [7, 11) is 1.82. The van der Waals surface area contributed by atoms with Crippen LogP contribution in [0, 0.1) is 6.92 Å². The summed E-state index contributed by atoms with van der Waals surface area (Å²) in [6.07, 6.45) is 5.14. The first kappa shape index (κ1) is 27.2. The van der Waals surface area contributed by atoms with Crippen molar-refractivity contribution in [1.29, 1.82) is 0 Å². The van der Waals surface area contributed by atoms with Crippen LogP contribution in [0.1, 0.15) is 28.8 Å². The van der Waals surface area contributed by atoms with Crippen molar-refractivity contribution in [2.75, 3.05) is 5.73 Å². The molecule has 0 fully saturated rings. The molecule has 0 saturated heterocycles. The van der Waals surface area contributed by atoms with E-state index in [-0.39, 0.29) is 5.91 Å². The highest BCUT2D eigenvalue weighted by Crippen LogP contribution is 2.29. The van der Waals surface area contributed by atoms with Crippen LogP contribution in [0.4, 0.5) is 5.82 Å². The summed E-state index contributed by atoms with van der Waals surface area (Å²) in [4.78, 5) is 21.3. The van der Waals surface area contributed by atoms with E-state index >= 15 is 0 Å². The van der Waals surface area contributed by atoms with E-state index in [1.807, 2.05) is 32.2 Å². The molecular weight excluding hydrogens is 579 g/mol. The van der Waals surface area contributed by atoms with Gasteiger partial charge in [0, 0.05) is 47.3 Å². The Morgan fingerprint density at radius 2 is 2.05 bits per heavy atom. The Morgan fingerprint density at radius 1 is 1.19 bits per heavy atom. The lowest BCUT2D eigenvalue weighted by Crippen LogP contribution is -2.29. The number of benzene rings is 2. The Morgan fingerprint density at radius 3 is 2.81 bits per heavy atom. The van der Waals surface area contributed by atoms with Crippen LogP contribution in [0.25, 0.3) is 39.6 Å². The van der Waals surface area contributed by atoms with Crippen LogP contribution in [0.3, 0.4) is 0 Å². The summed E-state index contributed by atoms with van der Waals surface area (Å²) in [6, 6.07) is 10.4. The third-order valence-electron chi connectivity index (χ3n) is 6.89. The summed E-state index contributed by atoms with van der Waals surface area (Å²) >= 11 is 12.8. The molecule has 0 saturated carbocycles. The van der Waals surface area contributed by atoms with Gasteiger partial charge in [-0.25, -0.2) is 10.1 Å². The van der Waals surface area contributed by atoms with Gasteiger partial charge in [-0.15, -0.1) is 5.10 Å². The van der Waals surface area contributed by atoms with Crippen molar-refractivity contribution in [3.05, 3.63) is 81.5 Å². The van der Waals surface area contributed by atoms with Gasteiger partial charge in [-0.2, -0.15) is 10.2 Å². The van der Waals surface area contributed by atoms with Gasteiger partial charge in [0.1, 0.15) is 5.82 Å². The number of aromatic amines is 3. The molecule has 13 nitrogen and oxygen atoms in total. The van der Waals surface area contributed by atoms with E-state index in [0.717, 1.165) is 22.2 Å². The number of fused-ring (bicyclic) bond motifs is 1. The zero-order chi connectivity index (χ0) is 29.4. The quantitative estimate of drug-likeness (QED) is 0.160. The molecule has 6 aromatic rings. The maximum absolute atomic E-state index is 13.3. The molecule has 0 aliphatic carbocycles. The third-order valence-corrected chi connectivity index (χ3v) is 7.61. The minimum Gasteiger partial charge on any atom is -0.382 e. The van der Waals surface area contributed by atoms with Gasteiger partial charge >= 0.3 is 0 Å². The largest absolute Gasteiger partial charge is 0.382 e. The second-order valence-corrected chi connectivity index (χ2v) is 10.4. The Labute approximate surface area is 248 Å². The molecule has 15 heteroatoms. The van der Waals surface area contributed by atoms with Crippen molar-refractivity contribution in [3.8, 4) is 22.6 Å². The van der Waals surface area contributed by atoms with E-state index in [0.29, 0.717) is 56.4 Å². The molecule has 42 heavy (non-hydrogen) atoms. The number of imidazole rings is 1. The minimum absolute atomic E-state index is 0.301. The van der Waals surface area contributed by atoms with Crippen LogP contribution in [-0.4, -0.2) is 56.5 Å². The number of carbonyl (C=O) groups excluding carboxylic acids is 1. The zero-order valence-corrected chi connectivity index (χ0v) is 23.9. The van der Waals surface area contributed by atoms with Crippen molar-refractivity contribution in [2.24, 2.45) is 7.05 Å². The molecule has 0 aliphatic rings. The first-order valence-corrected chi connectivity index (χ1v) is 13.5. The highest BCUT2D eigenvalue weighted by atomic mass is 35.5. The average Bonchev–Trinajstić information content (AvgIpc) is 3.79. The Bertz CT molecular complexity index is 1940. The van der Waals surface area contributed by atoms with Gasteiger partial charge in [0.15, 0.2) is 11.6 Å². The van der Waals surface area contributed by atoms with Crippen molar-refractivity contribution in [1.82, 2.24) is 55.9 Å². The van der Waals surface area contributed by atoms with E-state index in [4.69, 9.17) is 33.9 Å². The molecule has 0 radical (unpaired) electrons. The minimum atomic E-state index is -0.577. The van der Waals surface area contributed by atoms with Crippen LogP contribution in [0.5, 0.6) is 0 Å². The van der Waals surface area contributed by atoms with Crippen LogP contribution in [0.2, 0.25) is 10.0 Å². The molecule has 6 rings (SSSR count). The molecule has 6 N–H and O–H groups in total. The number of nitrogens with two attached hydrogens (primary N) is 1. The molecule has 0 bridgehead atoms. The topological polar surface area (TPSA) is 185 Å². The second-order valence-electron chi connectivity index (χ2n) is 9.59. The number of aromatic nitrogens is 10. The van der Waals surface area contributed by atoms with E-state index in [1.165, 1.54) is 6.08 Å². The number of carbonyl (C=O) groups is 1. The van der Waals surface area contributed by atoms with Gasteiger partial charge in [-0.1, -0.05) is 29.3 Å². The maximum Gasteiger partial charge on any atom is 0.244 e. The Balaban J connectivity index is 1.29. The number of hydrogen-bond donors (Lipinski definition) is 5. The number of halogens is 2. The summed E-state index contributed by atoms with van der Waals surface area (Å²) in [5.41, 5.74) is 11.0. The summed E-state index contributed by atoms with van der Waals surface area (Å²) in [5.74, 6) is 1.05. The van der Waals surface area contributed by atoms with Gasteiger partial charge in [0.25, 0.3) is 0 Å². The summed E-state index contributed by atoms with van der Waals surface area (Å²) < 4.78 is 1.70. The van der Waals surface area contributed by atoms with Gasteiger partial charge in [0.2, 0.25) is 5.91 Å². The molecule has 0 aliphatic heterocycles. The highest BCUT2D eigenvalue weighted by Gasteiger charge is 2.23. The first-order valence-electron chi connectivity index (χ1n) is 12.8. The lowest BCUT2D eigenvalue weighted by Gasteiger charge is -2.15. The van der Waals surface area contributed by atoms with Crippen molar-refractivity contribution < 1.29 is 4.79 Å². The number of rotatable bonds is 8. The van der Waals surface area contributed by atoms with Crippen molar-refractivity contribution in [2.45, 2.75) is 19.4 Å². The fourth-order valence-corrected chi connectivity index (χ4v) is 5.02. The predicted molar refractivity (Wildman–Crippen MR) is 159 cm³/mol. The predicted octanol–water partition coefficient (Wildman–Crippen LogP) is 4.18. The van der Waals surface area contributed by atoms with Gasteiger partial charge in [-0.3, -0.25) is 14.6 Å². The van der Waals surface area contributed by atoms with Crippen LogP contribution in [0.15, 0.2) is 48.7 Å². The fourth-order valence-electron chi connectivity index (χ4n) is 4.60. The normalized spacial score (nSPS) is 12.4. The average molecular weight is 603 g/mol. The van der Waals surface area contributed by atoms with E-state index < -0.39 is 6.04 Å². The highest BCUT2D eigenvalue weighted by molar-refractivity contribution is 6.32. The van der Waals surface area contributed by atoms with Gasteiger partial charge in [-0.05, 0) is 59.3 Å². The van der Waals surface area contributed by atoms with Crippen molar-refractivity contribution >= 4 is 51.9 Å². The number of nitrogens with zero attached hydrogens (tertiary/aromatic N) is 7. The number of amides is 1. The van der Waals surface area contributed by atoms with E-state index in [9.17, 15) is 4.79 Å². The number of anilines is 1. The number of aryl methyl sites for hydroxylation is 1. The molecule has 1 amide bonds. The molecule has 212 valence electrons. The Hall–Kier alpha value is -5.01. The molecule has 4 aromatic heterocycles. The number of H-pyrrole nitrogens is 3. The summed E-state index contributed by atoms with van der Waals surface area (Å²) in [5, 5.41) is 30.4. The first-order chi connectivity index (χ1) is 20.3. The number of hydrogen-bond acceptors (Lipinski definition) is 8. The zero-order valence-electron chi connectivity index (χ0n) is 22.4. The van der Waals surface area contributed by atoms with E-state index in [2.05, 4.69) is 46.2 Å². The lowest BCUT2D eigenvalue weighted by atomic mass is 10.1. The second kappa shape index (κ2) is 11.1. The van der Waals surface area contributed by atoms with Crippen LogP contribution >= 0.6 is 23.2 Å². The summed E-state index contributed by atoms with van der Waals surface area (Å²) in [6.45, 7) is 1.88. The SMILES string of the molecule is Cc1c(Cl)c(C[C@H](NC(=O)/C=C/c2cc(Cl)ccc2-c2nnn[nH]2)c2nc(-c3ccc4c(N)n[nH]c4c3)c[nH]2)nn1C.